The van der Waals surface area contributed by atoms with Gasteiger partial charge >= 0.3 is 6.03 Å². The SMILES string of the molecule is COc1ccc(NC(=O)N=[N+]=[N-])cc1. The van der Waals surface area contributed by atoms with E-state index in [0.717, 1.165) is 0 Å². The van der Waals surface area contributed by atoms with Gasteiger partial charge < -0.3 is 10.1 Å². The van der Waals surface area contributed by atoms with Crippen molar-refractivity contribution in [2.45, 2.75) is 0 Å². The average Bonchev–Trinajstić information content (AvgIpc) is 2.19. The Morgan fingerprint density at radius 2 is 2.14 bits per heavy atom. The summed E-state index contributed by atoms with van der Waals surface area (Å²) in [6, 6.07) is 5.92. The van der Waals surface area contributed by atoms with Gasteiger partial charge in [0.25, 0.3) is 0 Å². The van der Waals surface area contributed by atoms with E-state index in [0.29, 0.717) is 11.4 Å². The summed E-state index contributed by atoms with van der Waals surface area (Å²) in [6.07, 6.45) is 0. The summed E-state index contributed by atoms with van der Waals surface area (Å²) in [4.78, 5) is 13.2. The minimum Gasteiger partial charge on any atom is -0.497 e. The summed E-state index contributed by atoms with van der Waals surface area (Å²) in [5, 5.41) is 5.24. The topological polar surface area (TPSA) is 87.1 Å². The number of nitrogens with zero attached hydrogens (tertiary/aromatic N) is 3. The Hall–Kier alpha value is -2.20. The van der Waals surface area contributed by atoms with E-state index in [1.54, 1.807) is 31.4 Å². The normalized spacial score (nSPS) is 8.64. The van der Waals surface area contributed by atoms with Crippen LogP contribution in [0.25, 0.3) is 10.4 Å². The summed E-state index contributed by atoms with van der Waals surface area (Å²) >= 11 is 0. The van der Waals surface area contributed by atoms with Crippen LogP contribution in [0.4, 0.5) is 10.5 Å². The van der Waals surface area contributed by atoms with Crippen molar-refractivity contribution in [1.29, 1.82) is 0 Å². The van der Waals surface area contributed by atoms with Crippen molar-refractivity contribution in [2.75, 3.05) is 12.4 Å². The van der Waals surface area contributed by atoms with E-state index in [4.69, 9.17) is 10.3 Å². The molecule has 2 amide bonds. The van der Waals surface area contributed by atoms with E-state index in [1.807, 2.05) is 0 Å². The molecular formula is C8H8N4O2. The monoisotopic (exact) mass is 192 g/mol. The van der Waals surface area contributed by atoms with Crippen molar-refractivity contribution in [3.8, 4) is 5.75 Å². The molecule has 1 aromatic rings. The molecule has 0 atom stereocenters. The lowest BCUT2D eigenvalue weighted by molar-refractivity contribution is 0.259. The molecule has 0 saturated heterocycles. The van der Waals surface area contributed by atoms with Gasteiger partial charge in [-0.15, -0.1) is 0 Å². The van der Waals surface area contributed by atoms with E-state index in [1.165, 1.54) is 0 Å². The molecule has 0 fully saturated rings. The zero-order valence-electron chi connectivity index (χ0n) is 7.47. The Kier molecular flexibility index (Phi) is 3.34. The van der Waals surface area contributed by atoms with Crippen molar-refractivity contribution in [2.24, 2.45) is 5.11 Å². The highest BCUT2D eigenvalue weighted by atomic mass is 16.5. The number of methoxy groups -OCH3 is 1. The third-order valence-electron chi connectivity index (χ3n) is 1.48. The average molecular weight is 192 g/mol. The molecule has 1 N–H and O–H groups in total. The molecule has 0 heterocycles. The molecule has 14 heavy (non-hydrogen) atoms. The van der Waals surface area contributed by atoms with Gasteiger partial charge in [0.15, 0.2) is 0 Å². The quantitative estimate of drug-likeness (QED) is 0.443. The number of urea groups is 1. The van der Waals surface area contributed by atoms with Gasteiger partial charge in [-0.2, -0.15) is 0 Å². The fourth-order valence-electron chi connectivity index (χ4n) is 0.863. The standard InChI is InChI=1S/C8H8N4O2/c1-14-7-4-2-6(3-5-7)10-8(13)11-12-9/h2-5H,1H3,(H,10,13). The van der Waals surface area contributed by atoms with Gasteiger partial charge in [-0.05, 0) is 29.8 Å². The molecule has 0 saturated carbocycles. The number of ether oxygens (including phenoxy) is 1. The fraction of sp³-hybridized carbons (Fsp3) is 0.125. The molecule has 6 heteroatoms. The van der Waals surface area contributed by atoms with Gasteiger partial charge in [-0.3, -0.25) is 4.79 Å². The highest BCUT2D eigenvalue weighted by molar-refractivity contribution is 5.89. The maximum atomic E-state index is 10.8. The Labute approximate surface area is 80.1 Å². The first-order chi connectivity index (χ1) is 6.76. The molecule has 0 spiro atoms. The molecule has 6 nitrogen and oxygen atoms in total. The van der Waals surface area contributed by atoms with Crippen molar-refractivity contribution in [3.05, 3.63) is 34.7 Å². The van der Waals surface area contributed by atoms with Gasteiger partial charge in [0.1, 0.15) is 5.75 Å². The minimum absolute atomic E-state index is 0.545. The first kappa shape index (κ1) is 9.88. The van der Waals surface area contributed by atoms with Gasteiger partial charge in [-0.1, -0.05) is 0 Å². The van der Waals surface area contributed by atoms with Crippen LogP contribution in [0, 0.1) is 0 Å². The number of rotatable bonds is 2. The number of hydrogen-bond donors (Lipinski definition) is 1. The number of azide groups is 1. The van der Waals surface area contributed by atoms with E-state index in [2.05, 4.69) is 15.3 Å². The summed E-state index contributed by atoms with van der Waals surface area (Å²) in [6.45, 7) is 0. The van der Waals surface area contributed by atoms with Crippen LogP contribution in [0.2, 0.25) is 0 Å². The molecule has 0 aromatic heterocycles. The molecule has 1 aromatic carbocycles. The summed E-state index contributed by atoms with van der Waals surface area (Å²) in [5.74, 6) is 0.687. The third kappa shape index (κ3) is 2.69. The van der Waals surface area contributed by atoms with Crippen molar-refractivity contribution in [3.63, 3.8) is 0 Å². The number of carbonyl (C=O) groups excluding carboxylic acids is 1. The van der Waals surface area contributed by atoms with Crippen molar-refractivity contribution >= 4 is 11.7 Å². The third-order valence-corrected chi connectivity index (χ3v) is 1.48. The number of benzene rings is 1. The summed E-state index contributed by atoms with van der Waals surface area (Å²) < 4.78 is 4.93. The van der Waals surface area contributed by atoms with Gasteiger partial charge in [0.2, 0.25) is 0 Å². The molecule has 0 aliphatic carbocycles. The maximum Gasteiger partial charge on any atom is 0.312 e. The van der Waals surface area contributed by atoms with Crippen LogP contribution in [0.3, 0.4) is 0 Å². The minimum atomic E-state index is -0.738. The molecule has 1 rings (SSSR count). The molecule has 0 radical (unpaired) electrons. The summed E-state index contributed by atoms with van der Waals surface area (Å²) in [5.41, 5.74) is 8.52. The van der Waals surface area contributed by atoms with Crippen molar-refractivity contribution < 1.29 is 9.53 Å². The largest absolute Gasteiger partial charge is 0.497 e. The molecule has 0 bridgehead atoms. The summed E-state index contributed by atoms with van der Waals surface area (Å²) in [7, 11) is 1.55. The first-order valence-electron chi connectivity index (χ1n) is 3.76. The fourth-order valence-corrected chi connectivity index (χ4v) is 0.863. The van der Waals surface area contributed by atoms with E-state index >= 15 is 0 Å². The second-order valence-corrected chi connectivity index (χ2v) is 2.35. The lowest BCUT2D eigenvalue weighted by Crippen LogP contribution is -2.04. The molecular weight excluding hydrogens is 184 g/mol. The van der Waals surface area contributed by atoms with Crippen LogP contribution in [-0.4, -0.2) is 13.1 Å². The van der Waals surface area contributed by atoms with Crippen LogP contribution in [-0.2, 0) is 0 Å². The maximum absolute atomic E-state index is 10.8. The first-order valence-corrected chi connectivity index (χ1v) is 3.76. The Morgan fingerprint density at radius 1 is 1.50 bits per heavy atom. The molecule has 72 valence electrons. The number of anilines is 1. The number of carbonyl (C=O) groups is 1. The highest BCUT2D eigenvalue weighted by Crippen LogP contribution is 2.14. The zero-order chi connectivity index (χ0) is 10.4. The number of amides is 2. The van der Waals surface area contributed by atoms with Crippen LogP contribution < -0.4 is 10.1 Å². The smallest absolute Gasteiger partial charge is 0.312 e. The number of hydrogen-bond acceptors (Lipinski definition) is 2. The predicted molar refractivity (Wildman–Crippen MR) is 51.2 cm³/mol. The molecule has 0 aliphatic rings. The van der Waals surface area contributed by atoms with Crippen molar-refractivity contribution in [1.82, 2.24) is 0 Å². The lowest BCUT2D eigenvalue weighted by atomic mass is 10.3. The second kappa shape index (κ2) is 4.74. The van der Waals surface area contributed by atoms with Gasteiger partial charge in [-0.25, -0.2) is 0 Å². The second-order valence-electron chi connectivity index (χ2n) is 2.35. The predicted octanol–water partition coefficient (Wildman–Crippen LogP) is 2.54. The van der Waals surface area contributed by atoms with Gasteiger partial charge in [0, 0.05) is 15.7 Å². The zero-order valence-corrected chi connectivity index (χ0v) is 7.47. The Morgan fingerprint density at radius 3 is 2.64 bits per heavy atom. The van der Waals surface area contributed by atoms with Crippen LogP contribution in [0.1, 0.15) is 0 Å². The van der Waals surface area contributed by atoms with E-state index in [-0.39, 0.29) is 0 Å². The van der Waals surface area contributed by atoms with E-state index in [9.17, 15) is 4.79 Å². The Balaban J connectivity index is 2.68. The van der Waals surface area contributed by atoms with Crippen LogP contribution >= 0.6 is 0 Å². The van der Waals surface area contributed by atoms with Gasteiger partial charge in [0.05, 0.1) is 7.11 Å². The van der Waals surface area contributed by atoms with E-state index < -0.39 is 6.03 Å². The lowest BCUT2D eigenvalue weighted by Gasteiger charge is -2.02. The number of nitrogens with one attached hydrogen (secondary N) is 1. The molecule has 0 aliphatic heterocycles. The highest BCUT2D eigenvalue weighted by Gasteiger charge is 1.98. The van der Waals surface area contributed by atoms with Crippen LogP contribution in [0.15, 0.2) is 29.4 Å². The molecule has 0 unspecified atom stereocenters. The van der Waals surface area contributed by atoms with Crippen LogP contribution in [0.5, 0.6) is 5.75 Å². The Bertz CT molecular complexity index is 367.